The molecule has 1 aliphatic heterocycles. The Hall–Kier alpha value is -0.810. The molecule has 5 heteroatoms. The highest BCUT2D eigenvalue weighted by atomic mass is 16.3. The summed E-state index contributed by atoms with van der Waals surface area (Å²) in [5, 5.41) is 20.3. The highest BCUT2D eigenvalue weighted by molar-refractivity contribution is 5.77. The summed E-state index contributed by atoms with van der Waals surface area (Å²) in [5.74, 6) is 0. The van der Waals surface area contributed by atoms with E-state index in [-0.39, 0.29) is 6.03 Å². The predicted molar refractivity (Wildman–Crippen MR) is 69.7 cm³/mol. The molecule has 0 radical (unpaired) electrons. The quantitative estimate of drug-likeness (QED) is 0.788. The van der Waals surface area contributed by atoms with Gasteiger partial charge in [0.2, 0.25) is 0 Å². The van der Waals surface area contributed by atoms with E-state index in [0.717, 1.165) is 0 Å². The van der Waals surface area contributed by atoms with Gasteiger partial charge in [-0.25, -0.2) is 4.79 Å². The molecule has 0 aromatic carbocycles. The van der Waals surface area contributed by atoms with Gasteiger partial charge in [0.25, 0.3) is 0 Å². The van der Waals surface area contributed by atoms with Crippen molar-refractivity contribution in [2.24, 2.45) is 10.8 Å². The first-order valence-electron chi connectivity index (χ1n) is 6.39. The van der Waals surface area contributed by atoms with Crippen LogP contribution < -0.4 is 0 Å². The zero-order valence-electron chi connectivity index (χ0n) is 12.3. The second-order valence-electron chi connectivity index (χ2n) is 7.15. The van der Waals surface area contributed by atoms with Crippen molar-refractivity contribution in [3.63, 3.8) is 0 Å². The Morgan fingerprint density at radius 3 is 1.39 bits per heavy atom. The number of carbonyl (C=O) groups excluding carboxylic acids is 1. The molecule has 2 atom stereocenters. The molecule has 0 aliphatic carbocycles. The fourth-order valence-corrected chi connectivity index (χ4v) is 1.96. The second kappa shape index (κ2) is 4.70. The van der Waals surface area contributed by atoms with Gasteiger partial charge in [0.15, 0.2) is 0 Å². The van der Waals surface area contributed by atoms with Gasteiger partial charge in [0.05, 0.1) is 0 Å². The van der Waals surface area contributed by atoms with E-state index in [1.54, 1.807) is 0 Å². The van der Waals surface area contributed by atoms with Crippen LogP contribution in [0.15, 0.2) is 0 Å². The lowest BCUT2D eigenvalue weighted by Gasteiger charge is -2.36. The van der Waals surface area contributed by atoms with Crippen molar-refractivity contribution in [1.82, 2.24) is 9.80 Å². The number of aliphatic hydroxyl groups excluding tert-OH is 2. The zero-order valence-corrected chi connectivity index (χ0v) is 12.3. The zero-order chi connectivity index (χ0) is 14.3. The Morgan fingerprint density at radius 2 is 1.17 bits per heavy atom. The average molecular weight is 258 g/mol. The van der Waals surface area contributed by atoms with Crippen LogP contribution in [0.3, 0.4) is 0 Å². The van der Waals surface area contributed by atoms with Gasteiger partial charge < -0.3 is 10.2 Å². The van der Waals surface area contributed by atoms with Gasteiger partial charge in [0.1, 0.15) is 12.5 Å². The van der Waals surface area contributed by atoms with Gasteiger partial charge in [-0.2, -0.15) is 0 Å². The van der Waals surface area contributed by atoms with Crippen molar-refractivity contribution >= 4 is 6.03 Å². The predicted octanol–water partition coefficient (Wildman–Crippen LogP) is 1.45. The molecule has 18 heavy (non-hydrogen) atoms. The Morgan fingerprint density at radius 1 is 0.889 bits per heavy atom. The largest absolute Gasteiger partial charge is 0.373 e. The summed E-state index contributed by atoms with van der Waals surface area (Å²) < 4.78 is 0. The number of amides is 2. The normalized spacial score (nSPS) is 21.4. The third-order valence-corrected chi connectivity index (χ3v) is 3.21. The van der Waals surface area contributed by atoms with E-state index < -0.39 is 23.3 Å². The van der Waals surface area contributed by atoms with Crippen LogP contribution in [0.5, 0.6) is 0 Å². The van der Waals surface area contributed by atoms with E-state index in [1.807, 2.05) is 41.5 Å². The Balaban J connectivity index is 2.80. The van der Waals surface area contributed by atoms with Gasteiger partial charge in [-0.3, -0.25) is 9.80 Å². The molecular weight excluding hydrogens is 232 g/mol. The summed E-state index contributed by atoms with van der Waals surface area (Å²) in [6.07, 6.45) is -1.66. The van der Waals surface area contributed by atoms with E-state index in [1.165, 1.54) is 9.80 Å². The van der Waals surface area contributed by atoms with E-state index in [4.69, 9.17) is 0 Å². The number of hydrogen-bond acceptors (Lipinski definition) is 3. The Labute approximate surface area is 109 Å². The number of hydrogen-bond donors (Lipinski definition) is 2. The van der Waals surface area contributed by atoms with E-state index >= 15 is 0 Å². The van der Waals surface area contributed by atoms with Crippen LogP contribution in [-0.4, -0.2) is 51.6 Å². The number of carbonyl (C=O) groups is 1. The minimum atomic E-state index is -0.831. The standard InChI is InChI=1S/C13H26N2O3/c1-12(2,3)9(16)14-7-8-15(11(14)18)10(17)13(4,5)6/h9-10,16-17H,7-8H2,1-6H3. The number of nitrogens with zero attached hydrogens (tertiary/aromatic N) is 2. The van der Waals surface area contributed by atoms with Crippen LogP contribution in [-0.2, 0) is 0 Å². The smallest absolute Gasteiger partial charge is 0.324 e. The van der Waals surface area contributed by atoms with E-state index in [2.05, 4.69) is 0 Å². The molecule has 0 bridgehead atoms. The maximum Gasteiger partial charge on any atom is 0.324 e. The molecule has 2 amide bonds. The van der Waals surface area contributed by atoms with E-state index in [0.29, 0.717) is 13.1 Å². The van der Waals surface area contributed by atoms with E-state index in [9.17, 15) is 15.0 Å². The molecule has 2 unspecified atom stereocenters. The van der Waals surface area contributed by atoms with Crippen molar-refractivity contribution < 1.29 is 15.0 Å². The van der Waals surface area contributed by atoms with Gasteiger partial charge in [-0.15, -0.1) is 0 Å². The molecule has 2 N–H and O–H groups in total. The lowest BCUT2D eigenvalue weighted by atomic mass is 9.93. The highest BCUT2D eigenvalue weighted by Crippen LogP contribution is 2.29. The van der Waals surface area contributed by atoms with Crippen molar-refractivity contribution in [1.29, 1.82) is 0 Å². The van der Waals surface area contributed by atoms with Crippen molar-refractivity contribution in [3.8, 4) is 0 Å². The summed E-state index contributed by atoms with van der Waals surface area (Å²) in [6.45, 7) is 12.2. The molecule has 1 heterocycles. The third-order valence-electron chi connectivity index (χ3n) is 3.21. The third kappa shape index (κ3) is 2.95. The summed E-state index contributed by atoms with van der Waals surface area (Å²) in [4.78, 5) is 15.1. The molecule has 106 valence electrons. The summed E-state index contributed by atoms with van der Waals surface area (Å²) >= 11 is 0. The van der Waals surface area contributed by atoms with Crippen LogP contribution in [0, 0.1) is 10.8 Å². The fourth-order valence-electron chi connectivity index (χ4n) is 1.96. The molecule has 1 fully saturated rings. The lowest BCUT2D eigenvalue weighted by Crippen LogP contribution is -2.50. The molecule has 5 nitrogen and oxygen atoms in total. The van der Waals surface area contributed by atoms with Crippen LogP contribution in [0.2, 0.25) is 0 Å². The number of rotatable bonds is 2. The first-order valence-corrected chi connectivity index (χ1v) is 6.39. The molecule has 1 rings (SSSR count). The first-order chi connectivity index (χ1) is 7.96. The molecular formula is C13H26N2O3. The summed E-state index contributed by atoms with van der Waals surface area (Å²) in [5.41, 5.74) is -0.781. The molecule has 0 aromatic heterocycles. The SMILES string of the molecule is CC(C)(C)C(O)N1CCN(C(O)C(C)(C)C)C1=O. The first kappa shape index (κ1) is 15.2. The molecule has 1 saturated heterocycles. The minimum Gasteiger partial charge on any atom is -0.373 e. The maximum absolute atomic E-state index is 12.2. The monoisotopic (exact) mass is 258 g/mol. The summed E-state index contributed by atoms with van der Waals surface area (Å²) in [6, 6.07) is -0.292. The van der Waals surface area contributed by atoms with Crippen LogP contribution in [0.4, 0.5) is 4.79 Å². The van der Waals surface area contributed by atoms with Crippen molar-refractivity contribution in [3.05, 3.63) is 0 Å². The minimum absolute atomic E-state index is 0.292. The fraction of sp³-hybridized carbons (Fsp3) is 0.923. The Kier molecular flexibility index (Phi) is 3.98. The topological polar surface area (TPSA) is 64.0 Å². The molecule has 0 aromatic rings. The molecule has 1 aliphatic rings. The van der Waals surface area contributed by atoms with Gasteiger partial charge in [0, 0.05) is 23.9 Å². The summed E-state index contributed by atoms with van der Waals surface area (Å²) in [7, 11) is 0. The van der Waals surface area contributed by atoms with Crippen molar-refractivity contribution in [2.75, 3.05) is 13.1 Å². The maximum atomic E-state index is 12.2. The van der Waals surface area contributed by atoms with Gasteiger partial charge in [-0.05, 0) is 0 Å². The number of urea groups is 1. The van der Waals surface area contributed by atoms with Gasteiger partial charge in [-0.1, -0.05) is 41.5 Å². The van der Waals surface area contributed by atoms with Crippen LogP contribution in [0.1, 0.15) is 41.5 Å². The van der Waals surface area contributed by atoms with Crippen LogP contribution >= 0.6 is 0 Å². The van der Waals surface area contributed by atoms with Gasteiger partial charge >= 0.3 is 6.03 Å². The molecule has 0 spiro atoms. The lowest BCUT2D eigenvalue weighted by molar-refractivity contribution is -0.0544. The Bertz CT molecular complexity index is 287. The highest BCUT2D eigenvalue weighted by Gasteiger charge is 2.42. The molecule has 0 saturated carbocycles. The average Bonchev–Trinajstić information content (AvgIpc) is 2.55. The number of aliphatic hydroxyl groups is 2. The van der Waals surface area contributed by atoms with Crippen LogP contribution in [0.25, 0.3) is 0 Å². The van der Waals surface area contributed by atoms with Crippen molar-refractivity contribution in [2.45, 2.75) is 54.0 Å². The second-order valence-corrected chi connectivity index (χ2v) is 7.15.